The van der Waals surface area contributed by atoms with Crippen molar-refractivity contribution in [3.05, 3.63) is 58.9 Å². The molecule has 3 aliphatic rings. The Morgan fingerprint density at radius 2 is 1.77 bits per heavy atom. The summed E-state index contributed by atoms with van der Waals surface area (Å²) >= 11 is 0. The second kappa shape index (κ2) is 7.24. The summed E-state index contributed by atoms with van der Waals surface area (Å²) in [4.78, 5) is 21.4. The highest BCUT2D eigenvalue weighted by molar-refractivity contribution is 5.92. The van der Waals surface area contributed by atoms with Gasteiger partial charge in [0.2, 0.25) is 5.91 Å². The molecule has 0 spiro atoms. The molecule has 1 saturated heterocycles. The van der Waals surface area contributed by atoms with Crippen LogP contribution in [-0.4, -0.2) is 47.1 Å². The van der Waals surface area contributed by atoms with Crippen LogP contribution in [0.4, 0.5) is 5.69 Å². The molecule has 5 rings (SSSR count). The molecule has 2 fully saturated rings. The Labute approximate surface area is 178 Å². The molecule has 5 nitrogen and oxygen atoms in total. The van der Waals surface area contributed by atoms with E-state index in [4.69, 9.17) is 0 Å². The molecule has 1 aliphatic heterocycles. The number of fused-ring (bicyclic) bond motifs is 1. The van der Waals surface area contributed by atoms with E-state index in [-0.39, 0.29) is 0 Å². The highest BCUT2D eigenvalue weighted by Gasteiger charge is 2.35. The van der Waals surface area contributed by atoms with Gasteiger partial charge in [0.25, 0.3) is 0 Å². The Morgan fingerprint density at radius 3 is 2.40 bits per heavy atom. The number of anilines is 1. The van der Waals surface area contributed by atoms with Crippen LogP contribution in [-0.2, 0) is 16.8 Å². The van der Waals surface area contributed by atoms with Crippen molar-refractivity contribution in [1.29, 1.82) is 0 Å². The molecular weight excluding hydrogens is 374 g/mol. The molecule has 0 unspecified atom stereocenters. The standard InChI is InChI=1S/C25H29N3O2/c1-25(2,30)20-7-5-17(6-8-20)19-15-21-22(16-19)26-10-9-23(21)27-11-13-28(14-12-27)24(29)18-3-4-18/h5-10,15,18,30H,3-4,11-14,16H2,1-2H3. The molecule has 1 saturated carbocycles. The number of carbonyl (C=O) groups excluding carboxylic acids is 1. The zero-order chi connectivity index (χ0) is 20.9. The van der Waals surface area contributed by atoms with Gasteiger partial charge in [-0.2, -0.15) is 0 Å². The van der Waals surface area contributed by atoms with Gasteiger partial charge >= 0.3 is 0 Å². The van der Waals surface area contributed by atoms with E-state index in [0.29, 0.717) is 11.8 Å². The van der Waals surface area contributed by atoms with E-state index in [1.54, 1.807) is 13.8 Å². The molecule has 0 bridgehead atoms. The lowest BCUT2D eigenvalue weighted by Crippen LogP contribution is -2.49. The summed E-state index contributed by atoms with van der Waals surface area (Å²) in [5, 5.41) is 10.2. The fourth-order valence-corrected chi connectivity index (χ4v) is 4.52. The number of hydrogen-bond donors (Lipinski definition) is 1. The van der Waals surface area contributed by atoms with Gasteiger partial charge in [-0.05, 0) is 55.5 Å². The van der Waals surface area contributed by atoms with Crippen molar-refractivity contribution in [2.24, 2.45) is 5.92 Å². The summed E-state index contributed by atoms with van der Waals surface area (Å²) in [7, 11) is 0. The predicted octanol–water partition coefficient (Wildman–Crippen LogP) is 3.46. The maximum Gasteiger partial charge on any atom is 0.225 e. The SMILES string of the molecule is CC(C)(O)c1ccc(C2=Cc3c(N4CCN(C(=O)C5CC5)CC4)ccnc3C2)cc1. The first-order chi connectivity index (χ1) is 14.4. The van der Waals surface area contributed by atoms with Gasteiger partial charge in [-0.3, -0.25) is 9.78 Å². The number of amides is 1. The summed E-state index contributed by atoms with van der Waals surface area (Å²) in [5.74, 6) is 0.654. The number of rotatable bonds is 4. The van der Waals surface area contributed by atoms with E-state index in [1.807, 2.05) is 23.2 Å². The zero-order valence-electron chi connectivity index (χ0n) is 17.8. The van der Waals surface area contributed by atoms with Crippen LogP contribution in [0.2, 0.25) is 0 Å². The van der Waals surface area contributed by atoms with Gasteiger partial charge in [0.1, 0.15) is 0 Å². The lowest BCUT2D eigenvalue weighted by molar-refractivity contribution is -0.132. The van der Waals surface area contributed by atoms with Crippen molar-refractivity contribution in [1.82, 2.24) is 9.88 Å². The third-order valence-electron chi connectivity index (χ3n) is 6.55. The van der Waals surface area contributed by atoms with Crippen LogP contribution in [0.1, 0.15) is 49.1 Å². The van der Waals surface area contributed by atoms with Gasteiger partial charge in [0, 0.05) is 56.0 Å². The lowest BCUT2D eigenvalue weighted by Gasteiger charge is -2.37. The summed E-state index contributed by atoms with van der Waals surface area (Å²) in [5.41, 5.74) is 6.07. The molecule has 156 valence electrons. The number of aliphatic hydroxyl groups is 1. The number of pyridine rings is 1. The lowest BCUT2D eigenvalue weighted by atomic mass is 9.95. The van der Waals surface area contributed by atoms with Gasteiger partial charge in [0.05, 0.1) is 11.3 Å². The van der Waals surface area contributed by atoms with Gasteiger partial charge in [-0.15, -0.1) is 0 Å². The molecule has 5 heteroatoms. The van der Waals surface area contributed by atoms with E-state index in [0.717, 1.165) is 56.7 Å². The average Bonchev–Trinajstić information content (AvgIpc) is 3.50. The molecule has 0 atom stereocenters. The largest absolute Gasteiger partial charge is 0.386 e. The van der Waals surface area contributed by atoms with Gasteiger partial charge in [-0.25, -0.2) is 0 Å². The van der Waals surface area contributed by atoms with Crippen molar-refractivity contribution < 1.29 is 9.90 Å². The Balaban J connectivity index is 1.34. The van der Waals surface area contributed by atoms with Gasteiger partial charge in [0.15, 0.2) is 0 Å². The van der Waals surface area contributed by atoms with Crippen LogP contribution < -0.4 is 4.90 Å². The van der Waals surface area contributed by atoms with Crippen molar-refractivity contribution in [2.45, 2.75) is 38.7 Å². The molecule has 0 radical (unpaired) electrons. The molecular formula is C25H29N3O2. The van der Waals surface area contributed by atoms with E-state index < -0.39 is 5.60 Å². The van der Waals surface area contributed by atoms with E-state index in [2.05, 4.69) is 34.2 Å². The average molecular weight is 404 g/mol. The maximum absolute atomic E-state index is 12.3. The summed E-state index contributed by atoms with van der Waals surface area (Å²) in [6.45, 7) is 6.97. The molecule has 1 aromatic heterocycles. The minimum Gasteiger partial charge on any atom is -0.386 e. The van der Waals surface area contributed by atoms with E-state index in [9.17, 15) is 9.90 Å². The molecule has 30 heavy (non-hydrogen) atoms. The number of hydrogen-bond acceptors (Lipinski definition) is 4. The number of aromatic nitrogens is 1. The number of carbonyl (C=O) groups is 1. The van der Waals surface area contributed by atoms with Crippen molar-refractivity contribution in [2.75, 3.05) is 31.1 Å². The van der Waals surface area contributed by atoms with E-state index in [1.165, 1.54) is 22.4 Å². The molecule has 2 aliphatic carbocycles. The fourth-order valence-electron chi connectivity index (χ4n) is 4.52. The summed E-state index contributed by atoms with van der Waals surface area (Å²) in [6.07, 6.45) is 7.14. The van der Waals surface area contributed by atoms with Crippen LogP contribution in [0.15, 0.2) is 36.5 Å². The molecule has 1 N–H and O–H groups in total. The number of benzene rings is 1. The zero-order valence-corrected chi connectivity index (χ0v) is 17.8. The number of piperazine rings is 1. The molecule has 2 heterocycles. The maximum atomic E-state index is 12.3. The van der Waals surface area contributed by atoms with Crippen LogP contribution in [0, 0.1) is 5.92 Å². The first kappa shape index (κ1) is 19.3. The monoisotopic (exact) mass is 403 g/mol. The highest BCUT2D eigenvalue weighted by atomic mass is 16.3. The van der Waals surface area contributed by atoms with Gasteiger partial charge in [-0.1, -0.05) is 24.3 Å². The molecule has 2 aromatic rings. The topological polar surface area (TPSA) is 56.7 Å². The van der Waals surface area contributed by atoms with Crippen LogP contribution in [0.3, 0.4) is 0 Å². The molecule has 1 aromatic carbocycles. The van der Waals surface area contributed by atoms with Crippen LogP contribution in [0.5, 0.6) is 0 Å². The molecule has 1 amide bonds. The Hall–Kier alpha value is -2.66. The van der Waals surface area contributed by atoms with Gasteiger partial charge < -0.3 is 14.9 Å². The minimum atomic E-state index is -0.830. The third kappa shape index (κ3) is 3.63. The number of nitrogens with zero attached hydrogens (tertiary/aromatic N) is 3. The first-order valence-electron chi connectivity index (χ1n) is 11.0. The second-order valence-corrected chi connectivity index (χ2v) is 9.26. The predicted molar refractivity (Wildman–Crippen MR) is 119 cm³/mol. The normalized spacial score (nSPS) is 19.0. The fraction of sp³-hybridized carbons (Fsp3) is 0.440. The summed E-state index contributed by atoms with van der Waals surface area (Å²) < 4.78 is 0. The summed E-state index contributed by atoms with van der Waals surface area (Å²) in [6, 6.07) is 10.3. The van der Waals surface area contributed by atoms with E-state index >= 15 is 0 Å². The first-order valence-corrected chi connectivity index (χ1v) is 11.0. The quantitative estimate of drug-likeness (QED) is 0.849. The second-order valence-electron chi connectivity index (χ2n) is 9.26. The third-order valence-corrected chi connectivity index (χ3v) is 6.55. The van der Waals surface area contributed by atoms with Crippen LogP contribution >= 0.6 is 0 Å². The Kier molecular flexibility index (Phi) is 4.66. The minimum absolute atomic E-state index is 0.301. The van der Waals surface area contributed by atoms with Crippen molar-refractivity contribution in [3.8, 4) is 0 Å². The smallest absolute Gasteiger partial charge is 0.225 e. The highest BCUT2D eigenvalue weighted by Crippen LogP contribution is 2.37. The van der Waals surface area contributed by atoms with Crippen LogP contribution in [0.25, 0.3) is 11.6 Å². The van der Waals surface area contributed by atoms with Crippen molar-refractivity contribution in [3.63, 3.8) is 0 Å². The number of allylic oxidation sites excluding steroid dienone is 1. The Bertz CT molecular complexity index is 992. The Morgan fingerprint density at radius 1 is 1.07 bits per heavy atom. The van der Waals surface area contributed by atoms with Crippen molar-refractivity contribution >= 4 is 23.2 Å².